The maximum Gasteiger partial charge on any atom is 0.256 e. The Balaban J connectivity index is 1.43. The van der Waals surface area contributed by atoms with Crippen molar-refractivity contribution in [2.24, 2.45) is 0 Å². The van der Waals surface area contributed by atoms with E-state index in [2.05, 4.69) is 16.3 Å². The molecule has 1 aliphatic heterocycles. The smallest absolute Gasteiger partial charge is 0.256 e. The number of hydrogen-bond acceptors (Lipinski definition) is 5. The van der Waals surface area contributed by atoms with Gasteiger partial charge in [0.15, 0.2) is 6.10 Å². The minimum atomic E-state index is -0.366. The molecule has 1 aliphatic rings. The second kappa shape index (κ2) is 7.15. The van der Waals surface area contributed by atoms with Crippen molar-refractivity contribution in [2.75, 3.05) is 6.54 Å². The standard InChI is InChI=1S/C20H21N3O3/c1-14(25-17-10-9-15-6-2-3-7-16(15)12-17)20-22-21-18(26-20)13-23-11-5-4-8-19(23)24/h2-3,6-7,9-10,12,14H,4-5,8,11,13H2,1H3. The number of ether oxygens (including phenoxy) is 1. The van der Waals surface area contributed by atoms with Gasteiger partial charge in [-0.15, -0.1) is 10.2 Å². The largest absolute Gasteiger partial charge is 0.481 e. The SMILES string of the molecule is CC(Oc1ccc2ccccc2c1)c1nnc(CN2CCCCC2=O)o1. The number of fused-ring (bicyclic) bond motifs is 1. The minimum absolute atomic E-state index is 0.150. The first-order valence-electron chi connectivity index (χ1n) is 8.94. The summed E-state index contributed by atoms with van der Waals surface area (Å²) in [6.45, 7) is 2.99. The van der Waals surface area contributed by atoms with Crippen LogP contribution in [0.2, 0.25) is 0 Å². The Morgan fingerprint density at radius 3 is 2.85 bits per heavy atom. The zero-order chi connectivity index (χ0) is 17.9. The fraction of sp³-hybridized carbons (Fsp3) is 0.350. The number of rotatable bonds is 5. The van der Waals surface area contributed by atoms with Gasteiger partial charge in [0.05, 0.1) is 6.54 Å². The Morgan fingerprint density at radius 1 is 1.15 bits per heavy atom. The summed E-state index contributed by atoms with van der Waals surface area (Å²) in [7, 11) is 0. The number of likely N-dealkylation sites (tertiary alicyclic amines) is 1. The number of amides is 1. The van der Waals surface area contributed by atoms with Gasteiger partial charge >= 0.3 is 0 Å². The summed E-state index contributed by atoms with van der Waals surface area (Å²) in [5, 5.41) is 10.4. The summed E-state index contributed by atoms with van der Waals surface area (Å²) in [4.78, 5) is 13.7. The van der Waals surface area contributed by atoms with Gasteiger partial charge in [0.25, 0.3) is 5.89 Å². The summed E-state index contributed by atoms with van der Waals surface area (Å²) in [5.41, 5.74) is 0. The second-order valence-electron chi connectivity index (χ2n) is 6.58. The molecule has 0 spiro atoms. The van der Waals surface area contributed by atoms with Crippen molar-refractivity contribution >= 4 is 16.7 Å². The van der Waals surface area contributed by atoms with Gasteiger partial charge in [0.2, 0.25) is 11.8 Å². The molecule has 134 valence electrons. The van der Waals surface area contributed by atoms with Crippen molar-refractivity contribution in [3.63, 3.8) is 0 Å². The van der Waals surface area contributed by atoms with E-state index in [1.54, 1.807) is 4.90 Å². The number of piperidine rings is 1. The Labute approximate surface area is 151 Å². The summed E-state index contributed by atoms with van der Waals surface area (Å²) in [6.07, 6.45) is 2.21. The predicted molar refractivity (Wildman–Crippen MR) is 96.6 cm³/mol. The lowest BCUT2D eigenvalue weighted by Crippen LogP contribution is -2.34. The van der Waals surface area contributed by atoms with E-state index in [0.29, 0.717) is 24.7 Å². The van der Waals surface area contributed by atoms with E-state index in [4.69, 9.17) is 9.15 Å². The molecule has 1 amide bonds. The number of carbonyl (C=O) groups is 1. The maximum absolute atomic E-state index is 11.9. The lowest BCUT2D eigenvalue weighted by molar-refractivity contribution is -0.134. The van der Waals surface area contributed by atoms with Crippen LogP contribution in [0.1, 0.15) is 44.1 Å². The molecule has 26 heavy (non-hydrogen) atoms. The average Bonchev–Trinajstić information content (AvgIpc) is 3.12. The van der Waals surface area contributed by atoms with E-state index >= 15 is 0 Å². The number of nitrogens with zero attached hydrogens (tertiary/aromatic N) is 3. The van der Waals surface area contributed by atoms with Gasteiger partial charge in [0.1, 0.15) is 5.75 Å². The molecular weight excluding hydrogens is 330 g/mol. The van der Waals surface area contributed by atoms with E-state index in [-0.39, 0.29) is 12.0 Å². The van der Waals surface area contributed by atoms with Gasteiger partial charge in [0, 0.05) is 13.0 Å². The van der Waals surface area contributed by atoms with Crippen molar-refractivity contribution in [2.45, 2.75) is 38.8 Å². The first-order valence-corrected chi connectivity index (χ1v) is 8.94. The molecule has 4 rings (SSSR count). The first kappa shape index (κ1) is 16.6. The van der Waals surface area contributed by atoms with Crippen molar-refractivity contribution in [1.82, 2.24) is 15.1 Å². The number of benzene rings is 2. The van der Waals surface area contributed by atoms with Gasteiger partial charge in [-0.05, 0) is 42.7 Å². The highest BCUT2D eigenvalue weighted by Gasteiger charge is 2.22. The van der Waals surface area contributed by atoms with Crippen molar-refractivity contribution in [1.29, 1.82) is 0 Å². The molecule has 1 fully saturated rings. The molecular formula is C20H21N3O3. The summed E-state index contributed by atoms with van der Waals surface area (Å²) < 4.78 is 11.7. The lowest BCUT2D eigenvalue weighted by Gasteiger charge is -2.24. The zero-order valence-corrected chi connectivity index (χ0v) is 14.7. The Hall–Kier alpha value is -2.89. The third-order valence-electron chi connectivity index (χ3n) is 4.61. The number of carbonyl (C=O) groups excluding carboxylic acids is 1. The molecule has 2 aromatic carbocycles. The number of hydrogen-bond donors (Lipinski definition) is 0. The third-order valence-corrected chi connectivity index (χ3v) is 4.61. The van der Waals surface area contributed by atoms with E-state index < -0.39 is 0 Å². The lowest BCUT2D eigenvalue weighted by atomic mass is 10.1. The predicted octanol–water partition coefficient (Wildman–Crippen LogP) is 3.88. The maximum atomic E-state index is 11.9. The van der Waals surface area contributed by atoms with Gasteiger partial charge in [-0.3, -0.25) is 4.79 Å². The van der Waals surface area contributed by atoms with Crippen LogP contribution in [0.3, 0.4) is 0 Å². The molecule has 6 heteroatoms. The van der Waals surface area contributed by atoms with Crippen LogP contribution in [0.4, 0.5) is 0 Å². The van der Waals surface area contributed by atoms with Gasteiger partial charge < -0.3 is 14.1 Å². The average molecular weight is 351 g/mol. The molecule has 0 bridgehead atoms. The Bertz CT molecular complexity index is 921. The molecule has 0 saturated carbocycles. The molecule has 0 aliphatic carbocycles. The van der Waals surface area contributed by atoms with Crippen LogP contribution in [-0.2, 0) is 11.3 Å². The van der Waals surface area contributed by atoms with Crippen molar-refractivity contribution < 1.29 is 13.9 Å². The highest BCUT2D eigenvalue weighted by atomic mass is 16.5. The van der Waals surface area contributed by atoms with Crippen LogP contribution in [0, 0.1) is 0 Å². The van der Waals surface area contributed by atoms with Crippen molar-refractivity contribution in [3.05, 3.63) is 54.2 Å². The van der Waals surface area contributed by atoms with E-state index in [9.17, 15) is 4.79 Å². The van der Waals surface area contributed by atoms with Gasteiger partial charge in [-0.25, -0.2) is 0 Å². The second-order valence-corrected chi connectivity index (χ2v) is 6.58. The number of aromatic nitrogens is 2. The molecule has 1 unspecified atom stereocenters. The zero-order valence-electron chi connectivity index (χ0n) is 14.7. The molecule has 0 radical (unpaired) electrons. The highest BCUT2D eigenvalue weighted by molar-refractivity contribution is 5.83. The highest BCUT2D eigenvalue weighted by Crippen LogP contribution is 2.25. The molecule has 2 heterocycles. The fourth-order valence-corrected chi connectivity index (χ4v) is 3.18. The van der Waals surface area contributed by atoms with E-state index in [0.717, 1.165) is 30.5 Å². The van der Waals surface area contributed by atoms with Gasteiger partial charge in [-0.1, -0.05) is 30.3 Å². The molecule has 1 atom stereocenters. The fourth-order valence-electron chi connectivity index (χ4n) is 3.18. The molecule has 1 aromatic heterocycles. The van der Waals surface area contributed by atoms with Gasteiger partial charge in [-0.2, -0.15) is 0 Å². The van der Waals surface area contributed by atoms with E-state index in [1.165, 1.54) is 5.39 Å². The van der Waals surface area contributed by atoms with Crippen LogP contribution in [0.15, 0.2) is 46.9 Å². The van der Waals surface area contributed by atoms with Crippen molar-refractivity contribution in [3.8, 4) is 5.75 Å². The van der Waals surface area contributed by atoms with Crippen LogP contribution in [0.5, 0.6) is 5.75 Å². The summed E-state index contributed by atoms with van der Waals surface area (Å²) in [5.74, 6) is 1.76. The van der Waals surface area contributed by atoms with Crippen LogP contribution >= 0.6 is 0 Å². The minimum Gasteiger partial charge on any atom is -0.481 e. The van der Waals surface area contributed by atoms with Crippen LogP contribution in [0.25, 0.3) is 10.8 Å². The van der Waals surface area contributed by atoms with Crippen LogP contribution < -0.4 is 4.74 Å². The normalized spacial score (nSPS) is 16.0. The molecule has 6 nitrogen and oxygen atoms in total. The molecule has 1 saturated heterocycles. The first-order chi connectivity index (χ1) is 12.7. The Morgan fingerprint density at radius 2 is 2.00 bits per heavy atom. The topological polar surface area (TPSA) is 68.5 Å². The third kappa shape index (κ3) is 3.54. The monoisotopic (exact) mass is 351 g/mol. The summed E-state index contributed by atoms with van der Waals surface area (Å²) in [6, 6.07) is 14.1. The quantitative estimate of drug-likeness (QED) is 0.698. The summed E-state index contributed by atoms with van der Waals surface area (Å²) >= 11 is 0. The Kier molecular flexibility index (Phi) is 4.56. The molecule has 0 N–H and O–H groups in total. The van der Waals surface area contributed by atoms with E-state index in [1.807, 2.05) is 43.3 Å². The molecule has 3 aromatic rings. The van der Waals surface area contributed by atoms with Crippen LogP contribution in [-0.4, -0.2) is 27.5 Å².